The van der Waals surface area contributed by atoms with Gasteiger partial charge in [0, 0.05) is 39.7 Å². The molecule has 0 aliphatic heterocycles. The number of H-pyrrole nitrogens is 1. The van der Waals surface area contributed by atoms with Crippen LogP contribution in [-0.2, 0) is 0 Å². The van der Waals surface area contributed by atoms with Gasteiger partial charge in [0.15, 0.2) is 0 Å². The van der Waals surface area contributed by atoms with Gasteiger partial charge in [-0.1, -0.05) is 0 Å². The topological polar surface area (TPSA) is 15.8 Å². The number of rotatable bonds is 0. The number of nitrogens with one attached hydrogen (secondary N) is 1. The third-order valence-corrected chi connectivity index (χ3v) is 0.496. The average molecular weight is 274 g/mol. The molecule has 1 aromatic rings. The second-order valence-electron chi connectivity index (χ2n) is 0.885. The fraction of sp³-hybridized carbons (Fsp3) is 0. The Morgan fingerprint density at radius 3 is 1.67 bits per heavy atom. The van der Waals surface area contributed by atoms with Gasteiger partial charge in [-0.25, -0.2) is 0 Å². The van der Waals surface area contributed by atoms with Crippen LogP contribution in [0.3, 0.4) is 0 Å². The maximum Gasteiger partial charge on any atom is 0.000496 e. The number of hydrogen-bond donors (Lipinski definition) is 1. The Bertz CT molecular complexity index is 64.0. The molecule has 2 heteroatoms. The standard InChI is InChI=1S/C4H5N.Pb/c1-2-4-5-3-1;/h1-5H;. The van der Waals surface area contributed by atoms with Crippen molar-refractivity contribution in [1.29, 1.82) is 0 Å². The summed E-state index contributed by atoms with van der Waals surface area (Å²) in [6.45, 7) is 0. The van der Waals surface area contributed by atoms with E-state index in [0.29, 0.717) is 0 Å². The molecule has 1 heterocycles. The van der Waals surface area contributed by atoms with Crippen molar-refractivity contribution in [3.63, 3.8) is 0 Å². The summed E-state index contributed by atoms with van der Waals surface area (Å²) in [6.07, 6.45) is 3.75. The minimum Gasteiger partial charge on any atom is -0.368 e. The molecular formula is C4H5NPb. The summed E-state index contributed by atoms with van der Waals surface area (Å²) in [7, 11) is 0. The molecule has 0 aromatic carbocycles. The van der Waals surface area contributed by atoms with Crippen molar-refractivity contribution in [2.45, 2.75) is 0 Å². The molecule has 0 spiro atoms. The van der Waals surface area contributed by atoms with Crippen LogP contribution in [0.2, 0.25) is 0 Å². The smallest absolute Gasteiger partial charge is 0.000496 e. The first kappa shape index (κ1) is 6.20. The van der Waals surface area contributed by atoms with Crippen LogP contribution in [0.25, 0.3) is 0 Å². The minimum absolute atomic E-state index is 0. The van der Waals surface area contributed by atoms with E-state index in [0.717, 1.165) is 0 Å². The predicted molar refractivity (Wildman–Crippen MR) is 26.5 cm³/mol. The fourth-order valence-electron chi connectivity index (χ4n) is 0.278. The molecule has 1 nitrogen and oxygen atoms in total. The van der Waals surface area contributed by atoms with Crippen molar-refractivity contribution in [2.24, 2.45) is 0 Å². The molecular weight excluding hydrogens is 269 g/mol. The van der Waals surface area contributed by atoms with Crippen molar-refractivity contribution in [1.82, 2.24) is 4.98 Å². The van der Waals surface area contributed by atoms with Crippen molar-refractivity contribution in [3.05, 3.63) is 24.5 Å². The maximum atomic E-state index is 2.86. The molecule has 6 heavy (non-hydrogen) atoms. The second-order valence-corrected chi connectivity index (χ2v) is 0.885. The van der Waals surface area contributed by atoms with Gasteiger partial charge in [0.25, 0.3) is 0 Å². The Balaban J connectivity index is 0.000000250. The van der Waals surface area contributed by atoms with Gasteiger partial charge in [-0.3, -0.25) is 0 Å². The molecule has 0 bridgehead atoms. The summed E-state index contributed by atoms with van der Waals surface area (Å²) in [5.41, 5.74) is 0. The molecule has 4 radical (unpaired) electrons. The monoisotopic (exact) mass is 275 g/mol. The third kappa shape index (κ3) is 1.59. The molecule has 0 aliphatic carbocycles. The first-order valence-corrected chi connectivity index (χ1v) is 1.58. The molecule has 0 fully saturated rings. The van der Waals surface area contributed by atoms with Gasteiger partial charge in [-0.05, 0) is 12.1 Å². The van der Waals surface area contributed by atoms with Crippen LogP contribution in [-0.4, -0.2) is 32.3 Å². The summed E-state index contributed by atoms with van der Waals surface area (Å²) < 4.78 is 0. The maximum absolute atomic E-state index is 2.86. The van der Waals surface area contributed by atoms with E-state index in [1.54, 1.807) is 0 Å². The van der Waals surface area contributed by atoms with Gasteiger partial charge in [0.2, 0.25) is 0 Å². The minimum atomic E-state index is 0. The molecule has 0 atom stereocenters. The van der Waals surface area contributed by atoms with E-state index < -0.39 is 0 Å². The van der Waals surface area contributed by atoms with Crippen LogP contribution in [0.1, 0.15) is 0 Å². The summed E-state index contributed by atoms with van der Waals surface area (Å²) >= 11 is 0. The molecule has 0 unspecified atom stereocenters. The summed E-state index contributed by atoms with van der Waals surface area (Å²) in [5.74, 6) is 0. The average Bonchev–Trinajstić information content (AvgIpc) is 1.76. The van der Waals surface area contributed by atoms with Gasteiger partial charge in [-0.2, -0.15) is 0 Å². The molecule has 1 rings (SSSR count). The van der Waals surface area contributed by atoms with Crippen molar-refractivity contribution >= 4 is 27.3 Å². The zero-order chi connectivity index (χ0) is 3.54. The van der Waals surface area contributed by atoms with Crippen molar-refractivity contribution in [3.8, 4) is 0 Å². The van der Waals surface area contributed by atoms with E-state index in [2.05, 4.69) is 4.98 Å². The Hall–Kier alpha value is 0.202. The number of aromatic amines is 1. The quantitative estimate of drug-likeness (QED) is 0.668. The van der Waals surface area contributed by atoms with Gasteiger partial charge < -0.3 is 4.98 Å². The summed E-state index contributed by atoms with van der Waals surface area (Å²) in [4.78, 5) is 2.86. The Kier molecular flexibility index (Phi) is 3.51. The largest absolute Gasteiger partial charge is 0.368 e. The van der Waals surface area contributed by atoms with E-state index in [1.165, 1.54) is 0 Å². The van der Waals surface area contributed by atoms with Gasteiger partial charge in [0.1, 0.15) is 0 Å². The van der Waals surface area contributed by atoms with Crippen molar-refractivity contribution in [2.75, 3.05) is 0 Å². The summed E-state index contributed by atoms with van der Waals surface area (Å²) in [6, 6.07) is 3.89. The fourth-order valence-corrected chi connectivity index (χ4v) is 0.278. The molecule has 0 saturated carbocycles. The van der Waals surface area contributed by atoms with E-state index in [4.69, 9.17) is 0 Å². The van der Waals surface area contributed by atoms with Gasteiger partial charge in [-0.15, -0.1) is 0 Å². The van der Waals surface area contributed by atoms with E-state index in [9.17, 15) is 0 Å². The first-order chi connectivity index (χ1) is 2.50. The normalized spacial score (nSPS) is 6.67. The van der Waals surface area contributed by atoms with E-state index in [-0.39, 0.29) is 27.3 Å². The third-order valence-electron chi connectivity index (χ3n) is 0.496. The van der Waals surface area contributed by atoms with Crippen LogP contribution >= 0.6 is 0 Å². The first-order valence-electron chi connectivity index (χ1n) is 1.58. The van der Waals surface area contributed by atoms with Crippen LogP contribution < -0.4 is 0 Å². The van der Waals surface area contributed by atoms with Gasteiger partial charge >= 0.3 is 0 Å². The van der Waals surface area contributed by atoms with E-state index in [1.807, 2.05) is 24.5 Å². The zero-order valence-electron chi connectivity index (χ0n) is 3.31. The van der Waals surface area contributed by atoms with Crippen LogP contribution in [0, 0.1) is 0 Å². The molecule has 0 saturated heterocycles. The van der Waals surface area contributed by atoms with Crippen LogP contribution in [0.4, 0.5) is 0 Å². The Labute approximate surface area is 56.9 Å². The van der Waals surface area contributed by atoms with Crippen LogP contribution in [0.5, 0.6) is 0 Å². The van der Waals surface area contributed by atoms with Crippen molar-refractivity contribution < 1.29 is 0 Å². The predicted octanol–water partition coefficient (Wildman–Crippen LogP) is 0.634. The Morgan fingerprint density at radius 1 is 1.00 bits per heavy atom. The molecule has 1 N–H and O–H groups in total. The second kappa shape index (κ2) is 3.39. The van der Waals surface area contributed by atoms with E-state index >= 15 is 0 Å². The number of hydrogen-bond acceptors (Lipinski definition) is 0. The SMILES string of the molecule is [Pb].c1cc[nH]c1. The molecule has 30 valence electrons. The molecule has 0 aliphatic rings. The van der Waals surface area contributed by atoms with Crippen LogP contribution in [0.15, 0.2) is 24.5 Å². The Morgan fingerprint density at radius 2 is 1.50 bits per heavy atom. The molecule has 1 aromatic heterocycles. The molecule has 0 amide bonds. The number of aromatic nitrogens is 1. The van der Waals surface area contributed by atoms with Gasteiger partial charge in [0.05, 0.1) is 0 Å². The summed E-state index contributed by atoms with van der Waals surface area (Å²) in [5, 5.41) is 0. The zero-order valence-corrected chi connectivity index (χ0v) is 7.20.